The summed E-state index contributed by atoms with van der Waals surface area (Å²) >= 11 is 15.1. The zero-order valence-electron chi connectivity index (χ0n) is 10.9. The molecule has 1 rings (SSSR count). The van der Waals surface area contributed by atoms with E-state index in [9.17, 15) is 4.79 Å². The first-order valence-corrected chi connectivity index (χ1v) is 7.21. The van der Waals surface area contributed by atoms with Gasteiger partial charge in [0.1, 0.15) is 5.60 Å². The SMILES string of the molecule is CC(C)(C)OC=O.Cc1c(Cl)cc(CBr)cc1Cl. The molecule has 0 saturated carbocycles. The minimum atomic E-state index is -0.318. The molecule has 0 heterocycles. The fourth-order valence-corrected chi connectivity index (χ4v) is 1.78. The standard InChI is InChI=1S/C8H7BrCl2.C5H10O2/c1-5-7(10)2-6(4-9)3-8(5)11;1-5(2,3)7-4-6/h2-3H,4H2,1H3;4H,1-3H3. The van der Waals surface area contributed by atoms with Gasteiger partial charge in [0, 0.05) is 15.4 Å². The van der Waals surface area contributed by atoms with Crippen molar-refractivity contribution in [3.63, 3.8) is 0 Å². The molecule has 0 aliphatic carbocycles. The lowest BCUT2D eigenvalue weighted by molar-refractivity contribution is -0.138. The smallest absolute Gasteiger partial charge is 0.293 e. The van der Waals surface area contributed by atoms with Crippen LogP contribution >= 0.6 is 39.1 Å². The van der Waals surface area contributed by atoms with Crippen molar-refractivity contribution in [1.29, 1.82) is 0 Å². The summed E-state index contributed by atoms with van der Waals surface area (Å²) < 4.78 is 4.55. The van der Waals surface area contributed by atoms with Crippen molar-refractivity contribution in [3.8, 4) is 0 Å². The fraction of sp³-hybridized carbons (Fsp3) is 0.462. The van der Waals surface area contributed by atoms with Gasteiger partial charge in [0.25, 0.3) is 6.47 Å². The molecule has 0 aromatic heterocycles. The third kappa shape index (κ3) is 7.24. The topological polar surface area (TPSA) is 26.3 Å². The van der Waals surface area contributed by atoms with Gasteiger partial charge in [0.15, 0.2) is 0 Å². The Bertz CT molecular complexity index is 377. The van der Waals surface area contributed by atoms with Crippen molar-refractivity contribution < 1.29 is 9.53 Å². The molecule has 0 saturated heterocycles. The van der Waals surface area contributed by atoms with Gasteiger partial charge in [0.05, 0.1) is 0 Å². The van der Waals surface area contributed by atoms with Gasteiger partial charge in [-0.15, -0.1) is 0 Å². The number of hydrogen-bond donors (Lipinski definition) is 0. The molecule has 102 valence electrons. The third-order valence-electron chi connectivity index (χ3n) is 1.90. The molecule has 0 bridgehead atoms. The van der Waals surface area contributed by atoms with Crippen molar-refractivity contribution in [2.24, 2.45) is 0 Å². The molecule has 0 amide bonds. The van der Waals surface area contributed by atoms with Crippen LogP contribution in [0.15, 0.2) is 12.1 Å². The third-order valence-corrected chi connectivity index (χ3v) is 3.33. The van der Waals surface area contributed by atoms with Gasteiger partial charge in [-0.05, 0) is 51.0 Å². The lowest BCUT2D eigenvalue weighted by atomic mass is 10.2. The van der Waals surface area contributed by atoms with Crippen molar-refractivity contribution in [2.75, 3.05) is 0 Å². The van der Waals surface area contributed by atoms with E-state index >= 15 is 0 Å². The molecule has 1 aromatic carbocycles. The highest BCUT2D eigenvalue weighted by Crippen LogP contribution is 2.26. The minimum Gasteiger partial charge on any atom is -0.462 e. The summed E-state index contributed by atoms with van der Waals surface area (Å²) in [6.07, 6.45) is 0. The first kappa shape index (κ1) is 17.8. The van der Waals surface area contributed by atoms with Crippen LogP contribution in [0.2, 0.25) is 10.0 Å². The minimum absolute atomic E-state index is 0.318. The number of carbonyl (C=O) groups excluding carboxylic acids is 1. The highest BCUT2D eigenvalue weighted by molar-refractivity contribution is 9.08. The van der Waals surface area contributed by atoms with Crippen molar-refractivity contribution in [3.05, 3.63) is 33.3 Å². The van der Waals surface area contributed by atoms with Gasteiger partial charge < -0.3 is 4.74 Å². The normalized spacial score (nSPS) is 10.4. The number of benzene rings is 1. The van der Waals surface area contributed by atoms with Crippen LogP contribution < -0.4 is 0 Å². The number of hydrogen-bond acceptors (Lipinski definition) is 2. The molecule has 0 unspecified atom stereocenters. The number of ether oxygens (including phenoxy) is 1. The Morgan fingerprint density at radius 2 is 1.72 bits per heavy atom. The zero-order valence-corrected chi connectivity index (χ0v) is 14.0. The Hall–Kier alpha value is -0.250. The van der Waals surface area contributed by atoms with Crippen LogP contribution in [-0.2, 0) is 14.9 Å². The van der Waals surface area contributed by atoms with E-state index in [1.807, 2.05) is 39.8 Å². The second-order valence-electron chi connectivity index (χ2n) is 4.64. The van der Waals surface area contributed by atoms with Crippen molar-refractivity contribution in [1.82, 2.24) is 0 Å². The zero-order chi connectivity index (χ0) is 14.3. The highest BCUT2D eigenvalue weighted by atomic mass is 79.9. The van der Waals surface area contributed by atoms with Gasteiger partial charge in [-0.3, -0.25) is 4.79 Å². The van der Waals surface area contributed by atoms with E-state index in [-0.39, 0.29) is 5.60 Å². The summed E-state index contributed by atoms with van der Waals surface area (Å²) in [5.41, 5.74) is 1.73. The van der Waals surface area contributed by atoms with Crippen LogP contribution in [0.4, 0.5) is 0 Å². The molecule has 2 nitrogen and oxygen atoms in total. The second kappa shape index (κ2) is 8.03. The maximum absolute atomic E-state index is 9.60. The summed E-state index contributed by atoms with van der Waals surface area (Å²) in [6.45, 7) is 7.83. The molecule has 0 atom stereocenters. The van der Waals surface area contributed by atoms with Crippen LogP contribution in [0.3, 0.4) is 0 Å². The molecule has 18 heavy (non-hydrogen) atoms. The van der Waals surface area contributed by atoms with Gasteiger partial charge in [-0.25, -0.2) is 0 Å². The molecule has 0 aliphatic heterocycles. The number of halogens is 3. The summed E-state index contributed by atoms with van der Waals surface area (Å²) in [5.74, 6) is 0. The molecular weight excluding hydrogens is 339 g/mol. The average molecular weight is 356 g/mol. The summed E-state index contributed by atoms with van der Waals surface area (Å²) in [4.78, 5) is 9.60. The highest BCUT2D eigenvalue weighted by Gasteiger charge is 2.07. The van der Waals surface area contributed by atoms with Gasteiger partial charge >= 0.3 is 0 Å². The van der Waals surface area contributed by atoms with E-state index in [4.69, 9.17) is 23.2 Å². The predicted octanol–water partition coefficient (Wildman–Crippen LogP) is 5.15. The first-order valence-electron chi connectivity index (χ1n) is 5.33. The fourth-order valence-electron chi connectivity index (χ4n) is 0.919. The van der Waals surface area contributed by atoms with E-state index in [0.717, 1.165) is 26.5 Å². The Kier molecular flexibility index (Phi) is 7.92. The Morgan fingerprint density at radius 1 is 1.28 bits per heavy atom. The van der Waals surface area contributed by atoms with Crippen LogP contribution in [0.5, 0.6) is 0 Å². The lowest BCUT2D eigenvalue weighted by Crippen LogP contribution is -2.17. The van der Waals surface area contributed by atoms with E-state index in [1.54, 1.807) is 0 Å². The Balaban J connectivity index is 0.000000360. The monoisotopic (exact) mass is 354 g/mol. The van der Waals surface area contributed by atoms with Gasteiger partial charge in [-0.2, -0.15) is 0 Å². The largest absolute Gasteiger partial charge is 0.462 e. The van der Waals surface area contributed by atoms with E-state index in [2.05, 4.69) is 20.7 Å². The molecule has 0 aliphatic rings. The maximum atomic E-state index is 9.60. The van der Waals surface area contributed by atoms with Crippen molar-refractivity contribution in [2.45, 2.75) is 38.6 Å². The quantitative estimate of drug-likeness (QED) is 0.541. The average Bonchev–Trinajstić information content (AvgIpc) is 2.24. The Morgan fingerprint density at radius 3 is 1.94 bits per heavy atom. The number of rotatable bonds is 2. The molecule has 1 aromatic rings. The van der Waals surface area contributed by atoms with Crippen LogP contribution in [-0.4, -0.2) is 12.1 Å². The predicted molar refractivity (Wildman–Crippen MR) is 80.7 cm³/mol. The molecule has 0 spiro atoms. The summed E-state index contributed by atoms with van der Waals surface area (Å²) in [6, 6.07) is 3.83. The van der Waals surface area contributed by atoms with Crippen LogP contribution in [0.1, 0.15) is 31.9 Å². The number of alkyl halides is 1. The molecular formula is C13H17BrCl2O2. The van der Waals surface area contributed by atoms with Crippen molar-refractivity contribution >= 4 is 45.6 Å². The van der Waals surface area contributed by atoms with Crippen LogP contribution in [0, 0.1) is 6.92 Å². The van der Waals surface area contributed by atoms with Gasteiger partial charge in [-0.1, -0.05) is 39.1 Å². The first-order chi connectivity index (χ1) is 8.21. The molecule has 0 radical (unpaired) electrons. The second-order valence-corrected chi connectivity index (χ2v) is 6.02. The number of carbonyl (C=O) groups is 1. The van der Waals surface area contributed by atoms with E-state index in [1.165, 1.54) is 0 Å². The molecule has 0 fully saturated rings. The lowest BCUT2D eigenvalue weighted by Gasteiger charge is -2.14. The van der Waals surface area contributed by atoms with Crippen LogP contribution in [0.25, 0.3) is 0 Å². The maximum Gasteiger partial charge on any atom is 0.293 e. The van der Waals surface area contributed by atoms with Gasteiger partial charge in [0.2, 0.25) is 0 Å². The summed E-state index contributed by atoms with van der Waals surface area (Å²) in [7, 11) is 0. The van der Waals surface area contributed by atoms with E-state index < -0.39 is 0 Å². The summed E-state index contributed by atoms with van der Waals surface area (Å²) in [5, 5.41) is 2.24. The molecule has 5 heteroatoms. The van der Waals surface area contributed by atoms with E-state index in [0.29, 0.717) is 6.47 Å². The Labute approximate surface area is 127 Å². The molecule has 0 N–H and O–H groups in total.